The van der Waals surface area contributed by atoms with Crippen LogP contribution in [0.5, 0.6) is 5.75 Å². The van der Waals surface area contributed by atoms with Gasteiger partial charge < -0.3 is 9.94 Å². The monoisotopic (exact) mass is 406 g/mol. The number of ether oxygens (including phenoxy) is 1. The Morgan fingerprint density at radius 3 is 2.55 bits per heavy atom. The maximum absolute atomic E-state index is 13.3. The Kier molecular flexibility index (Phi) is 4.90. The van der Waals surface area contributed by atoms with Crippen molar-refractivity contribution in [1.29, 1.82) is 0 Å². The van der Waals surface area contributed by atoms with Crippen LogP contribution in [0.2, 0.25) is 0 Å². The molecule has 4 aromatic rings. The van der Waals surface area contributed by atoms with Crippen LogP contribution >= 0.6 is 0 Å². The first kappa shape index (κ1) is 18.9. The number of nitrogens with zero attached hydrogens (tertiary/aromatic N) is 2. The summed E-state index contributed by atoms with van der Waals surface area (Å²) in [5.41, 5.74) is 1.66. The fraction of sp³-hybridized carbons (Fsp3) is 0.0909. The SMILES string of the molecule is Cc1cnccc1S(=O)(=O)c1ccc(OCc2ccccc2)c2c1ccc[n+]2[O-]. The summed E-state index contributed by atoms with van der Waals surface area (Å²) in [5, 5.41) is 12.8. The first-order valence-electron chi connectivity index (χ1n) is 8.96. The predicted octanol–water partition coefficient (Wildman–Crippen LogP) is 3.59. The van der Waals surface area contributed by atoms with Gasteiger partial charge in [0.05, 0.1) is 15.2 Å². The van der Waals surface area contributed by atoms with Gasteiger partial charge in [0.1, 0.15) is 6.61 Å². The second-order valence-corrected chi connectivity index (χ2v) is 8.46. The fourth-order valence-electron chi connectivity index (χ4n) is 3.22. The summed E-state index contributed by atoms with van der Waals surface area (Å²) in [6.45, 7) is 1.95. The fourth-order valence-corrected chi connectivity index (χ4v) is 4.87. The van der Waals surface area contributed by atoms with Crippen LogP contribution < -0.4 is 9.47 Å². The number of sulfone groups is 1. The summed E-state index contributed by atoms with van der Waals surface area (Å²) in [6, 6.07) is 17.2. The van der Waals surface area contributed by atoms with Crippen molar-refractivity contribution >= 4 is 20.7 Å². The number of aromatic nitrogens is 2. The van der Waals surface area contributed by atoms with Crippen molar-refractivity contribution in [2.45, 2.75) is 23.3 Å². The van der Waals surface area contributed by atoms with Gasteiger partial charge in [-0.3, -0.25) is 4.98 Å². The Morgan fingerprint density at radius 1 is 1.00 bits per heavy atom. The van der Waals surface area contributed by atoms with E-state index in [2.05, 4.69) is 4.98 Å². The lowest BCUT2D eigenvalue weighted by atomic mass is 10.2. The van der Waals surface area contributed by atoms with E-state index < -0.39 is 9.84 Å². The highest BCUT2D eigenvalue weighted by Crippen LogP contribution is 2.33. The molecule has 0 bridgehead atoms. The van der Waals surface area contributed by atoms with Crippen molar-refractivity contribution < 1.29 is 17.9 Å². The maximum atomic E-state index is 13.3. The van der Waals surface area contributed by atoms with Crippen molar-refractivity contribution in [2.75, 3.05) is 0 Å². The van der Waals surface area contributed by atoms with Gasteiger partial charge in [0, 0.05) is 18.5 Å². The van der Waals surface area contributed by atoms with E-state index in [1.54, 1.807) is 13.0 Å². The van der Waals surface area contributed by atoms with E-state index in [1.165, 1.54) is 42.9 Å². The Labute approximate surface area is 168 Å². The van der Waals surface area contributed by atoms with Crippen molar-refractivity contribution in [3.8, 4) is 5.75 Å². The van der Waals surface area contributed by atoms with E-state index in [4.69, 9.17) is 4.74 Å². The zero-order valence-corrected chi connectivity index (χ0v) is 16.5. The summed E-state index contributed by atoms with van der Waals surface area (Å²) in [7, 11) is -3.84. The number of pyridine rings is 2. The molecule has 2 aromatic heterocycles. The quantitative estimate of drug-likeness (QED) is 0.374. The lowest BCUT2D eigenvalue weighted by molar-refractivity contribution is -0.577. The van der Waals surface area contributed by atoms with Gasteiger partial charge in [-0.15, -0.1) is 0 Å². The van der Waals surface area contributed by atoms with Gasteiger partial charge in [0.15, 0.2) is 11.9 Å². The first-order chi connectivity index (χ1) is 14.0. The third-order valence-corrected chi connectivity index (χ3v) is 6.60. The summed E-state index contributed by atoms with van der Waals surface area (Å²) >= 11 is 0. The third-order valence-electron chi connectivity index (χ3n) is 4.63. The van der Waals surface area contributed by atoms with Crippen molar-refractivity contribution in [3.05, 3.63) is 95.6 Å². The van der Waals surface area contributed by atoms with E-state index >= 15 is 0 Å². The normalized spacial score (nSPS) is 11.5. The van der Waals surface area contributed by atoms with E-state index in [0.717, 1.165) is 5.56 Å². The van der Waals surface area contributed by atoms with Crippen molar-refractivity contribution in [3.63, 3.8) is 0 Å². The first-order valence-corrected chi connectivity index (χ1v) is 10.4. The highest BCUT2D eigenvalue weighted by Gasteiger charge is 2.26. The number of hydrogen-bond acceptors (Lipinski definition) is 5. The summed E-state index contributed by atoms with van der Waals surface area (Å²) in [5.74, 6) is 0.324. The van der Waals surface area contributed by atoms with Gasteiger partial charge in [0.2, 0.25) is 9.84 Å². The van der Waals surface area contributed by atoms with Crippen LogP contribution in [0.4, 0.5) is 0 Å². The Balaban J connectivity index is 1.84. The van der Waals surface area contributed by atoms with Crippen LogP contribution in [-0.4, -0.2) is 13.4 Å². The molecule has 0 unspecified atom stereocenters. The highest BCUT2D eigenvalue weighted by atomic mass is 32.2. The molecule has 0 N–H and O–H groups in total. The highest BCUT2D eigenvalue weighted by molar-refractivity contribution is 7.91. The smallest absolute Gasteiger partial charge is 0.267 e. The van der Waals surface area contributed by atoms with Crippen LogP contribution in [0.25, 0.3) is 10.9 Å². The van der Waals surface area contributed by atoms with Gasteiger partial charge in [-0.25, -0.2) is 8.42 Å². The molecular formula is C22H18N2O4S. The molecule has 29 heavy (non-hydrogen) atoms. The van der Waals surface area contributed by atoms with Gasteiger partial charge >= 0.3 is 0 Å². The lowest BCUT2D eigenvalue weighted by Gasteiger charge is -2.13. The summed E-state index contributed by atoms with van der Waals surface area (Å²) in [6.07, 6.45) is 4.26. The Hall–Kier alpha value is -3.45. The van der Waals surface area contributed by atoms with E-state index in [1.807, 2.05) is 30.3 Å². The number of rotatable bonds is 5. The minimum absolute atomic E-state index is 0.0547. The minimum Gasteiger partial charge on any atom is -0.618 e. The molecule has 4 rings (SSSR count). The molecule has 0 fully saturated rings. The Morgan fingerprint density at radius 2 is 1.79 bits per heavy atom. The van der Waals surface area contributed by atoms with E-state index in [-0.39, 0.29) is 21.9 Å². The van der Waals surface area contributed by atoms with Gasteiger partial charge in [0.25, 0.3) is 5.52 Å². The second kappa shape index (κ2) is 7.52. The molecule has 0 saturated carbocycles. The molecule has 0 radical (unpaired) electrons. The van der Waals surface area contributed by atoms with Crippen LogP contribution in [0.1, 0.15) is 11.1 Å². The average Bonchev–Trinajstić information content (AvgIpc) is 2.73. The molecular weight excluding hydrogens is 388 g/mol. The largest absolute Gasteiger partial charge is 0.618 e. The van der Waals surface area contributed by atoms with E-state index in [0.29, 0.717) is 21.4 Å². The lowest BCUT2D eigenvalue weighted by Crippen LogP contribution is -2.27. The standard InChI is InChI=1S/C22H18N2O4S/c1-16-14-23-12-11-20(16)29(26,27)21-10-9-19(22-18(21)8-5-13-24(22)25)28-15-17-6-3-2-4-7-17/h2-14H,15H2,1H3. The topological polar surface area (TPSA) is 83.2 Å². The average molecular weight is 406 g/mol. The molecule has 0 saturated heterocycles. The predicted molar refractivity (Wildman–Crippen MR) is 108 cm³/mol. The number of benzene rings is 2. The number of aryl methyl sites for hydroxylation is 1. The molecule has 0 atom stereocenters. The maximum Gasteiger partial charge on any atom is 0.267 e. The summed E-state index contributed by atoms with van der Waals surface area (Å²) in [4.78, 5) is 4.17. The van der Waals surface area contributed by atoms with Crippen LogP contribution in [0.3, 0.4) is 0 Å². The molecule has 2 heterocycles. The molecule has 0 spiro atoms. The molecule has 0 aliphatic heterocycles. The molecule has 7 heteroatoms. The van der Waals surface area contributed by atoms with Crippen molar-refractivity contribution in [1.82, 2.24) is 4.98 Å². The molecule has 0 aliphatic rings. The third kappa shape index (κ3) is 3.52. The second-order valence-electron chi connectivity index (χ2n) is 6.58. The molecule has 0 amide bonds. The van der Waals surface area contributed by atoms with Crippen LogP contribution in [0, 0.1) is 12.1 Å². The number of hydrogen-bond donors (Lipinski definition) is 0. The van der Waals surface area contributed by atoms with Gasteiger partial charge in [-0.1, -0.05) is 30.3 Å². The molecule has 2 aromatic carbocycles. The van der Waals surface area contributed by atoms with Crippen molar-refractivity contribution in [2.24, 2.45) is 0 Å². The van der Waals surface area contributed by atoms with Crippen LogP contribution in [-0.2, 0) is 16.4 Å². The summed E-state index contributed by atoms with van der Waals surface area (Å²) < 4.78 is 33.1. The molecule has 146 valence electrons. The molecule has 0 aliphatic carbocycles. The minimum atomic E-state index is -3.84. The van der Waals surface area contributed by atoms with E-state index in [9.17, 15) is 13.6 Å². The zero-order valence-electron chi connectivity index (χ0n) is 15.6. The van der Waals surface area contributed by atoms with Gasteiger partial charge in [-0.05, 0) is 42.3 Å². The number of fused-ring (bicyclic) bond motifs is 1. The Bertz CT molecular complexity index is 1290. The molecule has 6 nitrogen and oxygen atoms in total. The van der Waals surface area contributed by atoms with Gasteiger partial charge in [-0.2, -0.15) is 4.73 Å². The zero-order chi connectivity index (χ0) is 20.4. The van der Waals surface area contributed by atoms with Crippen LogP contribution in [0.15, 0.2) is 89.0 Å².